The molecule has 0 bridgehead atoms. The first-order valence-corrected chi connectivity index (χ1v) is 8.43. The van der Waals surface area contributed by atoms with E-state index in [0.29, 0.717) is 12.3 Å². The molecule has 2 aromatic carbocycles. The predicted octanol–water partition coefficient (Wildman–Crippen LogP) is 2.57. The molecule has 1 saturated carbocycles. The smallest absolute Gasteiger partial charge is 0.240 e. The molecule has 2 aliphatic rings. The Labute approximate surface area is 141 Å². The predicted molar refractivity (Wildman–Crippen MR) is 92.2 cm³/mol. The first-order valence-electron chi connectivity index (χ1n) is 8.43. The number of carbonyl (C=O) groups is 2. The molecule has 0 heterocycles. The van der Waals surface area contributed by atoms with Crippen molar-refractivity contribution in [1.29, 1.82) is 0 Å². The number of hydrogen-bond donors (Lipinski definition) is 2. The third-order valence-corrected chi connectivity index (χ3v) is 5.02. The van der Waals surface area contributed by atoms with Gasteiger partial charge in [0.05, 0.1) is 5.92 Å². The molecule has 2 amide bonds. The zero-order valence-electron chi connectivity index (χ0n) is 13.4. The van der Waals surface area contributed by atoms with Crippen molar-refractivity contribution in [3.8, 4) is 11.1 Å². The van der Waals surface area contributed by atoms with Crippen molar-refractivity contribution in [2.75, 3.05) is 0 Å². The zero-order chi connectivity index (χ0) is 16.7. The molecular weight excluding hydrogens is 300 g/mol. The van der Waals surface area contributed by atoms with Gasteiger partial charge in [-0.05, 0) is 34.6 Å². The Morgan fingerprint density at radius 3 is 2.04 bits per heavy atom. The second-order valence-corrected chi connectivity index (χ2v) is 6.75. The molecule has 0 aromatic heterocycles. The summed E-state index contributed by atoms with van der Waals surface area (Å²) in [5, 5.41) is 2.90. The SMILES string of the molecule is NC(=O)[C@@H](CC1CC1)NC(=O)C1c2ccccc2-c2ccccc21. The highest BCUT2D eigenvalue weighted by atomic mass is 16.2. The molecule has 24 heavy (non-hydrogen) atoms. The third-order valence-electron chi connectivity index (χ3n) is 5.02. The number of amides is 2. The molecule has 0 unspecified atom stereocenters. The van der Waals surface area contributed by atoms with Gasteiger partial charge >= 0.3 is 0 Å². The number of nitrogens with one attached hydrogen (secondary N) is 1. The second-order valence-electron chi connectivity index (χ2n) is 6.75. The van der Waals surface area contributed by atoms with Crippen LogP contribution in [-0.2, 0) is 9.59 Å². The number of primary amides is 1. The lowest BCUT2D eigenvalue weighted by Gasteiger charge is -2.19. The number of fused-ring (bicyclic) bond motifs is 3. The molecule has 4 heteroatoms. The van der Waals surface area contributed by atoms with Crippen LogP contribution in [0.5, 0.6) is 0 Å². The van der Waals surface area contributed by atoms with Crippen LogP contribution in [-0.4, -0.2) is 17.9 Å². The first-order chi connectivity index (χ1) is 11.6. The molecule has 2 aromatic rings. The van der Waals surface area contributed by atoms with E-state index in [9.17, 15) is 9.59 Å². The van der Waals surface area contributed by atoms with Crippen molar-refractivity contribution in [2.24, 2.45) is 11.7 Å². The summed E-state index contributed by atoms with van der Waals surface area (Å²) in [6, 6.07) is 15.3. The number of nitrogens with two attached hydrogens (primary N) is 1. The Morgan fingerprint density at radius 2 is 1.54 bits per heavy atom. The van der Waals surface area contributed by atoms with Crippen molar-refractivity contribution in [2.45, 2.75) is 31.2 Å². The van der Waals surface area contributed by atoms with E-state index < -0.39 is 11.9 Å². The van der Waals surface area contributed by atoms with Crippen LogP contribution in [0.15, 0.2) is 48.5 Å². The maximum Gasteiger partial charge on any atom is 0.240 e. The van der Waals surface area contributed by atoms with Crippen LogP contribution in [0.3, 0.4) is 0 Å². The first kappa shape index (κ1) is 14.9. The summed E-state index contributed by atoms with van der Waals surface area (Å²) in [5.74, 6) is -0.448. The lowest BCUT2D eigenvalue weighted by molar-refractivity contribution is -0.127. The lowest BCUT2D eigenvalue weighted by Crippen LogP contribution is -2.46. The Morgan fingerprint density at radius 1 is 1.00 bits per heavy atom. The molecule has 1 fully saturated rings. The zero-order valence-corrected chi connectivity index (χ0v) is 13.4. The Hall–Kier alpha value is -2.62. The Balaban J connectivity index is 1.65. The number of rotatable bonds is 5. The van der Waals surface area contributed by atoms with Crippen LogP contribution in [0.1, 0.15) is 36.3 Å². The summed E-state index contributed by atoms with van der Waals surface area (Å²) in [4.78, 5) is 24.7. The van der Waals surface area contributed by atoms with Crippen LogP contribution in [0.2, 0.25) is 0 Å². The molecule has 4 nitrogen and oxygen atoms in total. The minimum Gasteiger partial charge on any atom is -0.368 e. The van der Waals surface area contributed by atoms with Gasteiger partial charge in [0.25, 0.3) is 0 Å². The maximum atomic E-state index is 13.0. The van der Waals surface area contributed by atoms with Crippen LogP contribution in [0, 0.1) is 5.92 Å². The quantitative estimate of drug-likeness (QED) is 0.889. The summed E-state index contributed by atoms with van der Waals surface area (Å²) in [7, 11) is 0. The van der Waals surface area contributed by atoms with Crippen molar-refractivity contribution in [1.82, 2.24) is 5.32 Å². The average Bonchev–Trinajstić information content (AvgIpc) is 3.33. The highest BCUT2D eigenvalue weighted by molar-refractivity contribution is 5.98. The van der Waals surface area contributed by atoms with E-state index in [1.807, 2.05) is 48.5 Å². The van der Waals surface area contributed by atoms with Gasteiger partial charge < -0.3 is 11.1 Å². The summed E-state index contributed by atoms with van der Waals surface area (Å²) >= 11 is 0. The van der Waals surface area contributed by atoms with Gasteiger partial charge in [-0.15, -0.1) is 0 Å². The van der Waals surface area contributed by atoms with Gasteiger partial charge in [-0.2, -0.15) is 0 Å². The molecule has 0 spiro atoms. The molecule has 0 aliphatic heterocycles. The minimum atomic E-state index is -0.579. The van der Waals surface area contributed by atoms with Crippen molar-refractivity contribution in [3.05, 3.63) is 59.7 Å². The molecule has 4 rings (SSSR count). The van der Waals surface area contributed by atoms with Gasteiger partial charge in [-0.25, -0.2) is 0 Å². The average molecular weight is 320 g/mol. The van der Waals surface area contributed by atoms with E-state index in [-0.39, 0.29) is 11.8 Å². The van der Waals surface area contributed by atoms with Crippen LogP contribution >= 0.6 is 0 Å². The van der Waals surface area contributed by atoms with Gasteiger partial charge in [0.1, 0.15) is 6.04 Å². The lowest BCUT2D eigenvalue weighted by atomic mass is 9.95. The maximum absolute atomic E-state index is 13.0. The number of hydrogen-bond acceptors (Lipinski definition) is 2. The van der Waals surface area contributed by atoms with Crippen molar-refractivity contribution < 1.29 is 9.59 Å². The molecular formula is C20H20N2O2. The standard InChI is InChI=1S/C20H20N2O2/c21-19(23)17(11-12-9-10-12)22-20(24)18-15-7-3-1-5-13(15)14-6-2-4-8-16(14)18/h1-8,12,17-18H,9-11H2,(H2,21,23)(H,22,24)/t17-/m1/s1. The van der Waals surface area contributed by atoms with Gasteiger partial charge in [-0.3, -0.25) is 9.59 Å². The van der Waals surface area contributed by atoms with Gasteiger partial charge in [0.15, 0.2) is 0 Å². The molecule has 0 saturated heterocycles. The largest absolute Gasteiger partial charge is 0.368 e. The van der Waals surface area contributed by atoms with E-state index in [2.05, 4.69) is 5.32 Å². The van der Waals surface area contributed by atoms with Gasteiger partial charge in [0, 0.05) is 0 Å². The minimum absolute atomic E-state index is 0.142. The monoisotopic (exact) mass is 320 g/mol. The fourth-order valence-corrected chi connectivity index (χ4v) is 3.63. The van der Waals surface area contributed by atoms with E-state index in [0.717, 1.165) is 35.1 Å². The van der Waals surface area contributed by atoms with Crippen molar-refractivity contribution in [3.63, 3.8) is 0 Å². The van der Waals surface area contributed by atoms with Crippen LogP contribution in [0.4, 0.5) is 0 Å². The third kappa shape index (κ3) is 2.58. The highest BCUT2D eigenvalue weighted by Crippen LogP contribution is 2.44. The summed E-state index contributed by atoms with van der Waals surface area (Å²) < 4.78 is 0. The van der Waals surface area contributed by atoms with E-state index in [1.165, 1.54) is 0 Å². The number of benzene rings is 2. The van der Waals surface area contributed by atoms with Gasteiger partial charge in [0.2, 0.25) is 11.8 Å². The van der Waals surface area contributed by atoms with E-state index in [1.54, 1.807) is 0 Å². The highest BCUT2D eigenvalue weighted by Gasteiger charge is 2.36. The Bertz CT molecular complexity index is 765. The Kier molecular flexibility index (Phi) is 3.60. The molecule has 3 N–H and O–H groups in total. The van der Waals surface area contributed by atoms with Crippen LogP contribution < -0.4 is 11.1 Å². The summed E-state index contributed by atoms with van der Waals surface area (Å²) in [5.41, 5.74) is 9.66. The van der Waals surface area contributed by atoms with Crippen molar-refractivity contribution >= 4 is 11.8 Å². The second kappa shape index (κ2) is 5.78. The molecule has 2 aliphatic carbocycles. The number of carbonyl (C=O) groups excluding carboxylic acids is 2. The summed E-state index contributed by atoms with van der Waals surface area (Å²) in [6.07, 6.45) is 2.89. The van der Waals surface area contributed by atoms with E-state index >= 15 is 0 Å². The normalized spacial score (nSPS) is 17.0. The topological polar surface area (TPSA) is 72.2 Å². The molecule has 1 atom stereocenters. The summed E-state index contributed by atoms with van der Waals surface area (Å²) in [6.45, 7) is 0. The molecule has 0 radical (unpaired) electrons. The van der Waals surface area contributed by atoms with Crippen LogP contribution in [0.25, 0.3) is 11.1 Å². The molecule has 122 valence electrons. The van der Waals surface area contributed by atoms with E-state index in [4.69, 9.17) is 5.73 Å². The fraction of sp³-hybridized carbons (Fsp3) is 0.300. The fourth-order valence-electron chi connectivity index (χ4n) is 3.63. The van der Waals surface area contributed by atoms with Gasteiger partial charge in [-0.1, -0.05) is 61.4 Å².